The van der Waals surface area contributed by atoms with Crippen LogP contribution in [0.1, 0.15) is 17.2 Å². The second kappa shape index (κ2) is 7.17. The summed E-state index contributed by atoms with van der Waals surface area (Å²) in [4.78, 5) is 2.20. The first-order valence-electron chi connectivity index (χ1n) is 6.85. The van der Waals surface area contributed by atoms with E-state index in [1.165, 1.54) is 11.6 Å². The van der Waals surface area contributed by atoms with Crippen molar-refractivity contribution < 1.29 is 4.39 Å². The summed E-state index contributed by atoms with van der Waals surface area (Å²) in [6.07, 6.45) is 0. The molecule has 0 spiro atoms. The zero-order valence-corrected chi connectivity index (χ0v) is 12.0. The first kappa shape index (κ1) is 14.7. The van der Waals surface area contributed by atoms with Gasteiger partial charge in [0.1, 0.15) is 5.82 Å². The molecule has 20 heavy (non-hydrogen) atoms. The molecule has 106 valence electrons. The fraction of sp³-hybridized carbons (Fsp3) is 0.294. The van der Waals surface area contributed by atoms with E-state index in [-0.39, 0.29) is 11.9 Å². The highest BCUT2D eigenvalue weighted by molar-refractivity contribution is 5.21. The van der Waals surface area contributed by atoms with Crippen LogP contribution in [-0.4, -0.2) is 25.5 Å². The Kier molecular flexibility index (Phi) is 5.27. The van der Waals surface area contributed by atoms with Crippen molar-refractivity contribution >= 4 is 0 Å². The van der Waals surface area contributed by atoms with E-state index < -0.39 is 0 Å². The Bertz CT molecular complexity index is 528. The van der Waals surface area contributed by atoms with Crippen molar-refractivity contribution in [2.24, 2.45) is 0 Å². The van der Waals surface area contributed by atoms with Gasteiger partial charge in [-0.2, -0.15) is 0 Å². The summed E-state index contributed by atoms with van der Waals surface area (Å²) < 4.78 is 13.8. The van der Waals surface area contributed by atoms with E-state index in [4.69, 9.17) is 0 Å². The van der Waals surface area contributed by atoms with Gasteiger partial charge in [0, 0.05) is 24.7 Å². The molecule has 3 heteroatoms. The first-order valence-corrected chi connectivity index (χ1v) is 6.85. The lowest BCUT2D eigenvalue weighted by Gasteiger charge is -2.24. The maximum atomic E-state index is 13.8. The third-order valence-electron chi connectivity index (χ3n) is 3.42. The number of hydrogen-bond donors (Lipinski definition) is 1. The van der Waals surface area contributed by atoms with Crippen LogP contribution in [0.3, 0.4) is 0 Å². The summed E-state index contributed by atoms with van der Waals surface area (Å²) in [6.45, 7) is 1.61. The van der Waals surface area contributed by atoms with Crippen LogP contribution >= 0.6 is 0 Å². The lowest BCUT2D eigenvalue weighted by atomic mass is 10.1. The molecule has 0 saturated carbocycles. The normalized spacial score (nSPS) is 12.6. The number of rotatable bonds is 6. The molecule has 0 radical (unpaired) electrons. The molecular formula is C17H21FN2. The lowest BCUT2D eigenvalue weighted by molar-refractivity contribution is 0.286. The standard InChI is InChI=1S/C17H21FN2/c1-19-17(15-10-6-7-11-16(15)18)13-20(2)12-14-8-4-3-5-9-14/h3-11,17,19H,12-13H2,1-2H3. The van der Waals surface area contributed by atoms with Gasteiger partial charge in [-0.3, -0.25) is 0 Å². The first-order chi connectivity index (χ1) is 9.70. The van der Waals surface area contributed by atoms with Crippen LogP contribution in [0, 0.1) is 5.82 Å². The molecule has 0 aliphatic carbocycles. The molecule has 0 heterocycles. The SMILES string of the molecule is CNC(CN(C)Cc1ccccc1)c1ccccc1F. The van der Waals surface area contributed by atoms with Gasteiger partial charge in [-0.15, -0.1) is 0 Å². The van der Waals surface area contributed by atoms with Crippen molar-refractivity contribution in [2.75, 3.05) is 20.6 Å². The molecule has 0 amide bonds. The average Bonchev–Trinajstić information content (AvgIpc) is 2.46. The predicted molar refractivity (Wildman–Crippen MR) is 81.0 cm³/mol. The maximum Gasteiger partial charge on any atom is 0.128 e. The van der Waals surface area contributed by atoms with Crippen LogP contribution in [-0.2, 0) is 6.54 Å². The third-order valence-corrected chi connectivity index (χ3v) is 3.42. The van der Waals surface area contributed by atoms with E-state index in [2.05, 4.69) is 29.4 Å². The largest absolute Gasteiger partial charge is 0.312 e. The van der Waals surface area contributed by atoms with Crippen LogP contribution < -0.4 is 5.32 Å². The number of nitrogens with zero attached hydrogens (tertiary/aromatic N) is 1. The zero-order valence-electron chi connectivity index (χ0n) is 12.0. The zero-order chi connectivity index (χ0) is 14.4. The van der Waals surface area contributed by atoms with Gasteiger partial charge >= 0.3 is 0 Å². The molecule has 0 aromatic heterocycles. The third kappa shape index (κ3) is 3.89. The smallest absolute Gasteiger partial charge is 0.128 e. The molecule has 0 aliphatic rings. The van der Waals surface area contributed by atoms with Crippen molar-refractivity contribution in [3.63, 3.8) is 0 Å². The van der Waals surface area contributed by atoms with Crippen LogP contribution in [0.25, 0.3) is 0 Å². The molecule has 2 rings (SSSR count). The van der Waals surface area contributed by atoms with Crippen LogP contribution in [0.5, 0.6) is 0 Å². The van der Waals surface area contributed by atoms with Gasteiger partial charge in [0.05, 0.1) is 0 Å². The molecule has 2 aromatic rings. The lowest BCUT2D eigenvalue weighted by Crippen LogP contribution is -2.31. The van der Waals surface area contributed by atoms with Crippen molar-refractivity contribution in [1.82, 2.24) is 10.2 Å². The monoisotopic (exact) mass is 272 g/mol. The molecule has 0 aliphatic heterocycles. The minimum absolute atomic E-state index is 0.00934. The van der Waals surface area contributed by atoms with E-state index in [1.807, 2.05) is 37.4 Å². The Morgan fingerprint density at radius 2 is 1.70 bits per heavy atom. The molecule has 1 N–H and O–H groups in total. The van der Waals surface area contributed by atoms with Crippen molar-refractivity contribution in [3.8, 4) is 0 Å². The Balaban J connectivity index is 2.01. The highest BCUT2D eigenvalue weighted by atomic mass is 19.1. The highest BCUT2D eigenvalue weighted by Crippen LogP contribution is 2.18. The van der Waals surface area contributed by atoms with E-state index >= 15 is 0 Å². The second-order valence-electron chi connectivity index (χ2n) is 5.05. The van der Waals surface area contributed by atoms with Gasteiger partial charge in [-0.05, 0) is 25.7 Å². The number of likely N-dealkylation sites (N-methyl/N-ethyl adjacent to an activating group) is 2. The summed E-state index contributed by atoms with van der Waals surface area (Å²) in [7, 11) is 3.92. The predicted octanol–water partition coefficient (Wildman–Crippen LogP) is 3.22. The van der Waals surface area contributed by atoms with E-state index in [9.17, 15) is 4.39 Å². The van der Waals surface area contributed by atoms with E-state index in [0.29, 0.717) is 0 Å². The highest BCUT2D eigenvalue weighted by Gasteiger charge is 2.15. The molecule has 2 aromatic carbocycles. The molecule has 1 unspecified atom stereocenters. The number of halogens is 1. The molecular weight excluding hydrogens is 251 g/mol. The summed E-state index contributed by atoms with van der Waals surface area (Å²) >= 11 is 0. The van der Waals surface area contributed by atoms with Crippen molar-refractivity contribution in [3.05, 3.63) is 71.5 Å². The summed E-state index contributed by atoms with van der Waals surface area (Å²) in [5.41, 5.74) is 1.98. The molecule has 0 fully saturated rings. The molecule has 0 bridgehead atoms. The quantitative estimate of drug-likeness (QED) is 0.868. The van der Waals surface area contributed by atoms with Gasteiger partial charge in [-0.25, -0.2) is 4.39 Å². The number of benzene rings is 2. The van der Waals surface area contributed by atoms with Crippen LogP contribution in [0.4, 0.5) is 4.39 Å². The Labute approximate surface area is 120 Å². The van der Waals surface area contributed by atoms with Gasteiger partial charge < -0.3 is 10.2 Å². The topological polar surface area (TPSA) is 15.3 Å². The summed E-state index contributed by atoms with van der Waals surface area (Å²) in [5.74, 6) is -0.153. The maximum absolute atomic E-state index is 13.8. The summed E-state index contributed by atoms with van der Waals surface area (Å²) in [5, 5.41) is 3.19. The average molecular weight is 272 g/mol. The Hall–Kier alpha value is -1.71. The molecule has 0 saturated heterocycles. The van der Waals surface area contributed by atoms with Gasteiger partial charge in [0.15, 0.2) is 0 Å². The van der Waals surface area contributed by atoms with Crippen LogP contribution in [0.2, 0.25) is 0 Å². The van der Waals surface area contributed by atoms with Crippen molar-refractivity contribution in [1.29, 1.82) is 0 Å². The second-order valence-corrected chi connectivity index (χ2v) is 5.05. The Morgan fingerprint density at radius 1 is 1.05 bits per heavy atom. The van der Waals surface area contributed by atoms with Gasteiger partial charge in [0.2, 0.25) is 0 Å². The molecule has 2 nitrogen and oxygen atoms in total. The van der Waals surface area contributed by atoms with Gasteiger partial charge in [-0.1, -0.05) is 48.5 Å². The Morgan fingerprint density at radius 3 is 2.35 bits per heavy atom. The van der Waals surface area contributed by atoms with E-state index in [1.54, 1.807) is 6.07 Å². The fourth-order valence-corrected chi connectivity index (χ4v) is 2.37. The minimum Gasteiger partial charge on any atom is -0.312 e. The molecule has 1 atom stereocenters. The number of hydrogen-bond acceptors (Lipinski definition) is 2. The fourth-order valence-electron chi connectivity index (χ4n) is 2.37. The van der Waals surface area contributed by atoms with Crippen LogP contribution in [0.15, 0.2) is 54.6 Å². The number of nitrogens with one attached hydrogen (secondary N) is 1. The van der Waals surface area contributed by atoms with Crippen molar-refractivity contribution in [2.45, 2.75) is 12.6 Å². The summed E-state index contributed by atoms with van der Waals surface area (Å²) in [6, 6.07) is 17.2. The minimum atomic E-state index is -0.153. The van der Waals surface area contributed by atoms with Gasteiger partial charge in [0.25, 0.3) is 0 Å². The van der Waals surface area contributed by atoms with E-state index in [0.717, 1.165) is 18.7 Å².